The van der Waals surface area contributed by atoms with Crippen molar-refractivity contribution >= 4 is 23.2 Å². The van der Waals surface area contributed by atoms with Gasteiger partial charge in [-0.2, -0.15) is 0 Å². The van der Waals surface area contributed by atoms with Crippen molar-refractivity contribution < 1.29 is 15.4 Å². The topological polar surface area (TPSA) is 147 Å². The number of H-pyrrole nitrogens is 2. The van der Waals surface area contributed by atoms with Gasteiger partial charge in [0, 0.05) is 17.6 Å². The Kier molecular flexibility index (Phi) is 5.90. The van der Waals surface area contributed by atoms with Crippen LogP contribution in [0.4, 0.5) is 5.69 Å². The number of nitrogens with one attached hydrogen (secondary N) is 3. The summed E-state index contributed by atoms with van der Waals surface area (Å²) in [6.07, 6.45) is 1.43. The molecule has 0 unspecified atom stereocenters. The fourth-order valence-electron chi connectivity index (χ4n) is 1.72. The Hall–Kier alpha value is -2.58. The summed E-state index contributed by atoms with van der Waals surface area (Å²) in [5.74, 6) is -0.374. The molecule has 0 fully saturated rings. The van der Waals surface area contributed by atoms with Crippen LogP contribution in [-0.4, -0.2) is 26.5 Å². The normalized spacial score (nSPS) is 9.86. The first-order valence-corrected chi connectivity index (χ1v) is 6.43. The predicted octanol–water partition coefficient (Wildman–Crippen LogP) is 0.169. The van der Waals surface area contributed by atoms with Crippen LogP contribution in [0.3, 0.4) is 0 Å². The SMILES string of the molecule is O.O=C(CCc1cc(Cl)ccc1O)Nc1c[nH]c(=O)[nH]c1=O. The van der Waals surface area contributed by atoms with E-state index in [1.807, 2.05) is 4.98 Å². The summed E-state index contributed by atoms with van der Waals surface area (Å²) in [7, 11) is 0. The first-order chi connectivity index (χ1) is 9.95. The molecule has 2 rings (SSSR count). The van der Waals surface area contributed by atoms with Crippen LogP contribution in [0.2, 0.25) is 5.02 Å². The first kappa shape index (κ1) is 17.5. The molecule has 6 N–H and O–H groups in total. The molecule has 1 aromatic heterocycles. The van der Waals surface area contributed by atoms with Gasteiger partial charge in [0.15, 0.2) is 0 Å². The maximum Gasteiger partial charge on any atom is 0.325 e. The molecule has 2 aromatic rings. The molecule has 22 heavy (non-hydrogen) atoms. The molecule has 0 spiro atoms. The number of rotatable bonds is 4. The summed E-state index contributed by atoms with van der Waals surface area (Å²) in [6, 6.07) is 4.56. The van der Waals surface area contributed by atoms with Crippen molar-refractivity contribution in [2.24, 2.45) is 0 Å². The standard InChI is InChI=1S/C13H12ClN3O4.H2O/c14-8-2-3-10(18)7(5-8)1-4-11(19)16-9-6-15-13(21)17-12(9)20;/h2-3,5-6,18H,1,4H2,(H,16,19)(H2,15,17,20,21);1H2. The van der Waals surface area contributed by atoms with Gasteiger partial charge in [-0.05, 0) is 30.2 Å². The van der Waals surface area contributed by atoms with Crippen molar-refractivity contribution in [1.82, 2.24) is 9.97 Å². The molecule has 0 radical (unpaired) electrons. The Bertz CT molecular complexity index is 784. The van der Waals surface area contributed by atoms with E-state index in [9.17, 15) is 19.5 Å². The number of aryl methyl sites for hydroxylation is 1. The third-order valence-electron chi connectivity index (χ3n) is 2.76. The molecule has 1 aromatic carbocycles. The highest BCUT2D eigenvalue weighted by Crippen LogP contribution is 2.22. The van der Waals surface area contributed by atoms with Gasteiger partial charge in [0.05, 0.1) is 0 Å². The van der Waals surface area contributed by atoms with Crippen molar-refractivity contribution in [3.05, 3.63) is 55.8 Å². The Morgan fingerprint density at radius 2 is 2.05 bits per heavy atom. The van der Waals surface area contributed by atoms with Crippen molar-refractivity contribution in [3.63, 3.8) is 0 Å². The number of aromatic hydroxyl groups is 1. The van der Waals surface area contributed by atoms with Crippen molar-refractivity contribution in [2.75, 3.05) is 5.32 Å². The maximum absolute atomic E-state index is 11.7. The van der Waals surface area contributed by atoms with E-state index in [4.69, 9.17) is 11.6 Å². The summed E-state index contributed by atoms with van der Waals surface area (Å²) in [6.45, 7) is 0. The molecule has 0 aliphatic carbocycles. The van der Waals surface area contributed by atoms with E-state index in [-0.39, 0.29) is 29.8 Å². The number of hydrogen-bond acceptors (Lipinski definition) is 4. The molecule has 9 heteroatoms. The van der Waals surface area contributed by atoms with Crippen LogP contribution in [0.15, 0.2) is 34.0 Å². The van der Waals surface area contributed by atoms with E-state index < -0.39 is 17.2 Å². The zero-order valence-electron chi connectivity index (χ0n) is 11.3. The number of phenols is 1. The van der Waals surface area contributed by atoms with Crippen LogP contribution in [0.1, 0.15) is 12.0 Å². The molecule has 1 heterocycles. The van der Waals surface area contributed by atoms with Gasteiger partial charge in [-0.15, -0.1) is 0 Å². The van der Waals surface area contributed by atoms with Gasteiger partial charge in [-0.1, -0.05) is 11.6 Å². The van der Waals surface area contributed by atoms with Crippen LogP contribution in [-0.2, 0) is 11.2 Å². The number of hydrogen-bond donors (Lipinski definition) is 4. The number of carbonyl (C=O) groups excluding carboxylic acids is 1. The third-order valence-corrected chi connectivity index (χ3v) is 2.99. The molecular weight excluding hydrogens is 314 g/mol. The van der Waals surface area contributed by atoms with E-state index in [0.717, 1.165) is 6.20 Å². The molecule has 0 bridgehead atoms. The van der Waals surface area contributed by atoms with Gasteiger partial charge in [0.25, 0.3) is 5.56 Å². The minimum absolute atomic E-state index is 0. The van der Waals surface area contributed by atoms with Gasteiger partial charge >= 0.3 is 5.69 Å². The molecule has 0 aliphatic heterocycles. The van der Waals surface area contributed by atoms with E-state index in [1.54, 1.807) is 12.1 Å². The summed E-state index contributed by atoms with van der Waals surface area (Å²) in [5, 5.41) is 12.5. The number of aromatic nitrogens is 2. The Labute approximate surface area is 129 Å². The number of carbonyl (C=O) groups is 1. The largest absolute Gasteiger partial charge is 0.508 e. The average Bonchev–Trinajstić information content (AvgIpc) is 2.43. The van der Waals surface area contributed by atoms with Gasteiger partial charge < -0.3 is 20.9 Å². The van der Waals surface area contributed by atoms with Crippen LogP contribution in [0.25, 0.3) is 0 Å². The first-order valence-electron chi connectivity index (χ1n) is 6.05. The Balaban J connectivity index is 0.00000242. The van der Waals surface area contributed by atoms with Gasteiger partial charge in [-0.3, -0.25) is 14.6 Å². The van der Waals surface area contributed by atoms with Gasteiger partial charge in [0.1, 0.15) is 11.4 Å². The number of phenolic OH excluding ortho intramolecular Hbond substituents is 1. The predicted molar refractivity (Wildman–Crippen MR) is 81.4 cm³/mol. The summed E-state index contributed by atoms with van der Waals surface area (Å²) >= 11 is 5.81. The van der Waals surface area contributed by atoms with E-state index in [0.29, 0.717) is 10.6 Å². The Morgan fingerprint density at radius 1 is 1.32 bits per heavy atom. The molecule has 0 aliphatic rings. The monoisotopic (exact) mass is 327 g/mol. The molecule has 118 valence electrons. The number of benzene rings is 1. The molecule has 8 nitrogen and oxygen atoms in total. The zero-order chi connectivity index (χ0) is 15.4. The number of amides is 1. The lowest BCUT2D eigenvalue weighted by Gasteiger charge is -2.06. The van der Waals surface area contributed by atoms with E-state index in [2.05, 4.69) is 10.3 Å². The molecular formula is C13H14ClN3O5. The van der Waals surface area contributed by atoms with E-state index >= 15 is 0 Å². The number of aromatic amines is 2. The zero-order valence-corrected chi connectivity index (χ0v) is 12.0. The van der Waals surface area contributed by atoms with E-state index in [1.165, 1.54) is 6.07 Å². The lowest BCUT2D eigenvalue weighted by atomic mass is 10.1. The molecule has 0 atom stereocenters. The maximum atomic E-state index is 11.7. The fraction of sp³-hybridized carbons (Fsp3) is 0.154. The molecule has 0 saturated heterocycles. The van der Waals surface area contributed by atoms with Crippen molar-refractivity contribution in [3.8, 4) is 5.75 Å². The van der Waals surface area contributed by atoms with Crippen molar-refractivity contribution in [2.45, 2.75) is 12.8 Å². The highest BCUT2D eigenvalue weighted by atomic mass is 35.5. The minimum Gasteiger partial charge on any atom is -0.508 e. The van der Waals surface area contributed by atoms with Crippen LogP contribution >= 0.6 is 11.6 Å². The van der Waals surface area contributed by atoms with Gasteiger partial charge in [0.2, 0.25) is 5.91 Å². The number of anilines is 1. The third kappa shape index (κ3) is 4.47. The lowest BCUT2D eigenvalue weighted by molar-refractivity contribution is -0.116. The second-order valence-electron chi connectivity index (χ2n) is 4.31. The average molecular weight is 328 g/mol. The fourth-order valence-corrected chi connectivity index (χ4v) is 1.91. The lowest BCUT2D eigenvalue weighted by Crippen LogP contribution is -2.26. The smallest absolute Gasteiger partial charge is 0.325 e. The second-order valence-corrected chi connectivity index (χ2v) is 4.74. The Morgan fingerprint density at radius 3 is 2.73 bits per heavy atom. The van der Waals surface area contributed by atoms with Crippen LogP contribution < -0.4 is 16.6 Å². The summed E-state index contributed by atoms with van der Waals surface area (Å²) in [5.41, 5.74) is -0.845. The minimum atomic E-state index is -0.683. The highest BCUT2D eigenvalue weighted by molar-refractivity contribution is 6.30. The quantitative estimate of drug-likeness (QED) is 0.633. The second kappa shape index (κ2) is 7.43. The van der Waals surface area contributed by atoms with Crippen LogP contribution in [0.5, 0.6) is 5.75 Å². The van der Waals surface area contributed by atoms with Crippen molar-refractivity contribution in [1.29, 1.82) is 0 Å². The molecule has 1 amide bonds. The number of halogens is 1. The summed E-state index contributed by atoms with van der Waals surface area (Å²) < 4.78 is 0. The van der Waals surface area contributed by atoms with Crippen LogP contribution in [0, 0.1) is 0 Å². The summed E-state index contributed by atoms with van der Waals surface area (Å²) in [4.78, 5) is 38.2. The molecule has 0 saturated carbocycles. The highest BCUT2D eigenvalue weighted by Gasteiger charge is 2.09. The van der Waals surface area contributed by atoms with Gasteiger partial charge in [-0.25, -0.2) is 4.79 Å².